The van der Waals surface area contributed by atoms with Crippen molar-refractivity contribution in [2.75, 3.05) is 33.2 Å². The van der Waals surface area contributed by atoms with Crippen LogP contribution in [0.4, 0.5) is 0 Å². The first kappa shape index (κ1) is 10.4. The van der Waals surface area contributed by atoms with Crippen LogP contribution < -0.4 is 0 Å². The van der Waals surface area contributed by atoms with Gasteiger partial charge in [-0.1, -0.05) is 0 Å². The van der Waals surface area contributed by atoms with E-state index in [4.69, 9.17) is 0 Å². The van der Waals surface area contributed by atoms with E-state index in [2.05, 4.69) is 37.6 Å². The molecule has 0 unspecified atom stereocenters. The fourth-order valence-corrected chi connectivity index (χ4v) is 2.90. The highest BCUT2D eigenvalue weighted by Gasteiger charge is 2.39. The van der Waals surface area contributed by atoms with Crippen LogP contribution >= 0.6 is 0 Å². The zero-order valence-corrected chi connectivity index (χ0v) is 10.1. The zero-order valence-electron chi connectivity index (χ0n) is 10.1. The van der Waals surface area contributed by atoms with Crippen molar-refractivity contribution in [1.29, 1.82) is 0 Å². The Hall–Kier alpha value is -0.0800. The van der Waals surface area contributed by atoms with Crippen molar-refractivity contribution in [2.24, 2.45) is 11.8 Å². The average Bonchev–Trinajstić information content (AvgIpc) is 2.45. The normalized spacial score (nSPS) is 36.0. The largest absolute Gasteiger partial charge is 0.306 e. The minimum atomic E-state index is 0.371. The quantitative estimate of drug-likeness (QED) is 0.581. The summed E-state index contributed by atoms with van der Waals surface area (Å²) in [6, 6.07) is 0. The Morgan fingerprint density at radius 2 is 1.64 bits per heavy atom. The number of hydrogen-bond acceptors (Lipinski definition) is 2. The standard InChI is InChI=1S/C12H24N2/c1-12(2,3)14-8-10-5-6-13(4)7-11(10)9-14/h10-11H,5-9H2,1-4H3/t10-,11-/m0/s1. The van der Waals surface area contributed by atoms with Crippen molar-refractivity contribution in [3.05, 3.63) is 0 Å². The molecule has 0 spiro atoms. The molecule has 0 N–H and O–H groups in total. The Morgan fingerprint density at radius 1 is 1.00 bits per heavy atom. The summed E-state index contributed by atoms with van der Waals surface area (Å²) in [6.07, 6.45) is 1.41. The maximum absolute atomic E-state index is 2.67. The van der Waals surface area contributed by atoms with E-state index in [1.807, 2.05) is 0 Å². The van der Waals surface area contributed by atoms with E-state index < -0.39 is 0 Å². The maximum Gasteiger partial charge on any atom is 0.0125 e. The third-order valence-electron chi connectivity index (χ3n) is 3.95. The molecule has 2 aliphatic rings. The molecule has 0 aromatic heterocycles. The van der Waals surface area contributed by atoms with Crippen LogP contribution in [0.25, 0.3) is 0 Å². The lowest BCUT2D eigenvalue weighted by molar-refractivity contribution is 0.163. The van der Waals surface area contributed by atoms with Crippen LogP contribution in [0, 0.1) is 11.8 Å². The van der Waals surface area contributed by atoms with Crippen molar-refractivity contribution in [3.8, 4) is 0 Å². The number of rotatable bonds is 0. The molecule has 2 atom stereocenters. The Morgan fingerprint density at radius 3 is 2.29 bits per heavy atom. The lowest BCUT2D eigenvalue weighted by Gasteiger charge is -2.32. The summed E-state index contributed by atoms with van der Waals surface area (Å²) >= 11 is 0. The van der Waals surface area contributed by atoms with E-state index in [1.165, 1.54) is 32.6 Å². The van der Waals surface area contributed by atoms with Gasteiger partial charge < -0.3 is 4.90 Å². The summed E-state index contributed by atoms with van der Waals surface area (Å²) in [6.45, 7) is 12.3. The SMILES string of the molecule is CN1CC[C@H]2CN(C(C)(C)C)C[C@@H]2C1. The van der Waals surface area contributed by atoms with Crippen LogP contribution in [-0.4, -0.2) is 48.6 Å². The van der Waals surface area contributed by atoms with E-state index in [1.54, 1.807) is 0 Å². The Labute approximate surface area is 88.3 Å². The van der Waals surface area contributed by atoms with Crippen LogP contribution in [0.15, 0.2) is 0 Å². The van der Waals surface area contributed by atoms with E-state index in [0.717, 1.165) is 11.8 Å². The molecular weight excluding hydrogens is 172 g/mol. The lowest BCUT2D eigenvalue weighted by Crippen LogP contribution is -2.40. The highest BCUT2D eigenvalue weighted by atomic mass is 15.2. The molecule has 14 heavy (non-hydrogen) atoms. The topological polar surface area (TPSA) is 6.48 Å². The number of fused-ring (bicyclic) bond motifs is 1. The predicted molar refractivity (Wildman–Crippen MR) is 60.4 cm³/mol. The van der Waals surface area contributed by atoms with Gasteiger partial charge in [0.25, 0.3) is 0 Å². The Balaban J connectivity index is 1.99. The number of likely N-dealkylation sites (tertiary alicyclic amines) is 2. The Kier molecular flexibility index (Phi) is 2.61. The van der Waals surface area contributed by atoms with Gasteiger partial charge in [-0.05, 0) is 52.6 Å². The molecular formula is C12H24N2. The van der Waals surface area contributed by atoms with Gasteiger partial charge in [0, 0.05) is 25.2 Å². The van der Waals surface area contributed by atoms with Crippen molar-refractivity contribution < 1.29 is 0 Å². The van der Waals surface area contributed by atoms with E-state index in [-0.39, 0.29) is 0 Å². The van der Waals surface area contributed by atoms with Gasteiger partial charge >= 0.3 is 0 Å². The van der Waals surface area contributed by atoms with Crippen molar-refractivity contribution in [2.45, 2.75) is 32.7 Å². The van der Waals surface area contributed by atoms with E-state index in [0.29, 0.717) is 5.54 Å². The van der Waals surface area contributed by atoms with E-state index in [9.17, 15) is 0 Å². The first-order valence-electron chi connectivity index (χ1n) is 5.90. The van der Waals surface area contributed by atoms with Crippen molar-refractivity contribution in [3.63, 3.8) is 0 Å². The number of nitrogens with zero attached hydrogens (tertiary/aromatic N) is 2. The van der Waals surface area contributed by atoms with E-state index >= 15 is 0 Å². The third-order valence-corrected chi connectivity index (χ3v) is 3.95. The molecule has 2 heterocycles. The fourth-order valence-electron chi connectivity index (χ4n) is 2.90. The first-order valence-corrected chi connectivity index (χ1v) is 5.90. The minimum absolute atomic E-state index is 0.371. The molecule has 0 aromatic rings. The highest BCUT2D eigenvalue weighted by molar-refractivity contribution is 4.93. The van der Waals surface area contributed by atoms with Crippen molar-refractivity contribution >= 4 is 0 Å². The molecule has 0 bridgehead atoms. The first-order chi connectivity index (χ1) is 6.47. The molecule has 0 amide bonds. The van der Waals surface area contributed by atoms with Gasteiger partial charge in [0.15, 0.2) is 0 Å². The molecule has 2 fully saturated rings. The maximum atomic E-state index is 2.67. The summed E-state index contributed by atoms with van der Waals surface area (Å²) in [5.74, 6) is 1.92. The molecule has 2 heteroatoms. The van der Waals surface area contributed by atoms with Crippen molar-refractivity contribution in [1.82, 2.24) is 9.80 Å². The van der Waals surface area contributed by atoms with Gasteiger partial charge in [0.05, 0.1) is 0 Å². The summed E-state index contributed by atoms with van der Waals surface area (Å²) in [7, 11) is 2.26. The van der Waals surface area contributed by atoms with Gasteiger partial charge in [-0.2, -0.15) is 0 Å². The Bertz CT molecular complexity index is 207. The third kappa shape index (κ3) is 1.96. The zero-order chi connectivity index (χ0) is 10.3. The van der Waals surface area contributed by atoms with Crippen LogP contribution in [0.3, 0.4) is 0 Å². The van der Waals surface area contributed by atoms with Crippen LogP contribution in [0.5, 0.6) is 0 Å². The summed E-state index contributed by atoms with van der Waals surface area (Å²) < 4.78 is 0. The number of piperidine rings is 1. The van der Waals surface area contributed by atoms with Gasteiger partial charge in [-0.25, -0.2) is 0 Å². The molecule has 0 saturated carbocycles. The molecule has 2 nitrogen and oxygen atoms in total. The summed E-state index contributed by atoms with van der Waals surface area (Å²) in [5.41, 5.74) is 0.371. The van der Waals surface area contributed by atoms with Crippen LogP contribution in [0.2, 0.25) is 0 Å². The fraction of sp³-hybridized carbons (Fsp3) is 1.00. The number of hydrogen-bond donors (Lipinski definition) is 0. The molecule has 2 saturated heterocycles. The van der Waals surface area contributed by atoms with Gasteiger partial charge in [0.2, 0.25) is 0 Å². The second kappa shape index (κ2) is 3.49. The molecule has 0 radical (unpaired) electrons. The average molecular weight is 196 g/mol. The van der Waals surface area contributed by atoms with Crippen LogP contribution in [-0.2, 0) is 0 Å². The second-order valence-electron chi connectivity index (χ2n) is 6.15. The summed E-state index contributed by atoms with van der Waals surface area (Å²) in [4.78, 5) is 5.16. The lowest BCUT2D eigenvalue weighted by atomic mass is 9.89. The second-order valence-corrected chi connectivity index (χ2v) is 6.15. The predicted octanol–water partition coefficient (Wildman–Crippen LogP) is 1.67. The smallest absolute Gasteiger partial charge is 0.0125 e. The van der Waals surface area contributed by atoms with Crippen LogP contribution in [0.1, 0.15) is 27.2 Å². The minimum Gasteiger partial charge on any atom is -0.306 e. The monoisotopic (exact) mass is 196 g/mol. The van der Waals surface area contributed by atoms with Gasteiger partial charge in [-0.15, -0.1) is 0 Å². The van der Waals surface area contributed by atoms with Gasteiger partial charge in [0.1, 0.15) is 0 Å². The molecule has 82 valence electrons. The highest BCUT2D eigenvalue weighted by Crippen LogP contribution is 2.34. The molecule has 2 rings (SSSR count). The molecule has 0 aliphatic carbocycles. The summed E-state index contributed by atoms with van der Waals surface area (Å²) in [5, 5.41) is 0. The van der Waals surface area contributed by atoms with Gasteiger partial charge in [-0.3, -0.25) is 4.90 Å². The molecule has 0 aromatic carbocycles. The molecule has 2 aliphatic heterocycles.